The summed E-state index contributed by atoms with van der Waals surface area (Å²) >= 11 is 0. The summed E-state index contributed by atoms with van der Waals surface area (Å²) in [6.07, 6.45) is 0.670. The van der Waals surface area contributed by atoms with Gasteiger partial charge in [-0.2, -0.15) is 0 Å². The van der Waals surface area contributed by atoms with Crippen molar-refractivity contribution in [3.05, 3.63) is 59.9 Å². The van der Waals surface area contributed by atoms with E-state index in [2.05, 4.69) is 9.80 Å². The van der Waals surface area contributed by atoms with Crippen molar-refractivity contribution in [3.8, 4) is 11.1 Å². The molecule has 2 aromatic carbocycles. The molecule has 1 atom stereocenters. The lowest BCUT2D eigenvalue weighted by molar-refractivity contribution is 0.0274. The fraction of sp³-hybridized carbons (Fsp3) is 0.455. The molecule has 1 heterocycles. The Kier molecular flexibility index (Phi) is 6.60. The molecule has 3 rings (SSSR count). The van der Waals surface area contributed by atoms with Crippen molar-refractivity contribution in [2.45, 2.75) is 18.9 Å². The van der Waals surface area contributed by atoms with Crippen LogP contribution < -0.4 is 0 Å². The van der Waals surface area contributed by atoms with Crippen LogP contribution in [-0.2, 0) is 5.60 Å². The van der Waals surface area contributed by atoms with E-state index in [9.17, 15) is 9.50 Å². The molecule has 4 nitrogen and oxygen atoms in total. The van der Waals surface area contributed by atoms with Crippen molar-refractivity contribution >= 4 is 0 Å². The number of halogens is 1. The minimum atomic E-state index is -0.885. The van der Waals surface area contributed by atoms with Gasteiger partial charge in [-0.05, 0) is 42.2 Å². The normalized spacial score (nSPS) is 18.4. The summed E-state index contributed by atoms with van der Waals surface area (Å²) in [6, 6.07) is 14.3. The number of benzene rings is 2. The maximum absolute atomic E-state index is 13.1. The molecular formula is C22H29FN2O2. The van der Waals surface area contributed by atoms with E-state index in [0.717, 1.165) is 56.0 Å². The van der Waals surface area contributed by atoms with E-state index in [0.29, 0.717) is 6.42 Å². The van der Waals surface area contributed by atoms with Crippen LogP contribution in [0, 0.1) is 5.82 Å². The molecule has 0 bridgehead atoms. The van der Waals surface area contributed by atoms with Crippen LogP contribution in [0.2, 0.25) is 0 Å². The number of rotatable bonds is 7. The summed E-state index contributed by atoms with van der Waals surface area (Å²) in [5, 5.41) is 20.0. The largest absolute Gasteiger partial charge is 0.395 e. The van der Waals surface area contributed by atoms with Gasteiger partial charge in [0.15, 0.2) is 0 Å². The first-order chi connectivity index (χ1) is 13.0. The zero-order valence-electron chi connectivity index (χ0n) is 15.9. The second-order valence-electron chi connectivity index (χ2n) is 7.51. The quantitative estimate of drug-likeness (QED) is 0.785. The summed E-state index contributed by atoms with van der Waals surface area (Å²) in [5.74, 6) is -0.240. The minimum Gasteiger partial charge on any atom is -0.395 e. The molecule has 0 aliphatic carbocycles. The lowest BCUT2D eigenvalue weighted by atomic mass is 9.90. The summed E-state index contributed by atoms with van der Waals surface area (Å²) < 4.78 is 13.1. The molecule has 146 valence electrons. The summed E-state index contributed by atoms with van der Waals surface area (Å²) in [6.45, 7) is 7.54. The molecule has 1 saturated heterocycles. The van der Waals surface area contributed by atoms with Gasteiger partial charge in [0.2, 0.25) is 0 Å². The monoisotopic (exact) mass is 372 g/mol. The van der Waals surface area contributed by atoms with E-state index in [-0.39, 0.29) is 12.4 Å². The van der Waals surface area contributed by atoms with E-state index in [1.807, 2.05) is 31.2 Å². The van der Waals surface area contributed by atoms with E-state index in [1.165, 1.54) is 12.1 Å². The molecular weight excluding hydrogens is 343 g/mol. The number of hydrogen-bond acceptors (Lipinski definition) is 4. The van der Waals surface area contributed by atoms with Gasteiger partial charge in [-0.3, -0.25) is 4.90 Å². The van der Waals surface area contributed by atoms with Gasteiger partial charge in [-0.15, -0.1) is 0 Å². The maximum Gasteiger partial charge on any atom is 0.123 e. The number of aliphatic hydroxyl groups excluding tert-OH is 1. The Bertz CT molecular complexity index is 708. The molecule has 0 radical (unpaired) electrons. The highest BCUT2D eigenvalue weighted by atomic mass is 19.1. The Labute approximate surface area is 160 Å². The number of piperazine rings is 1. The highest BCUT2D eigenvalue weighted by Gasteiger charge is 2.25. The number of nitrogens with zero attached hydrogens (tertiary/aromatic N) is 2. The minimum absolute atomic E-state index is 0.211. The Hall–Kier alpha value is -1.79. The molecule has 0 amide bonds. The Balaban J connectivity index is 1.56. The zero-order chi connectivity index (χ0) is 19.3. The third kappa shape index (κ3) is 5.36. The van der Waals surface area contributed by atoms with Crippen molar-refractivity contribution in [3.63, 3.8) is 0 Å². The molecule has 27 heavy (non-hydrogen) atoms. The van der Waals surface area contributed by atoms with Crippen LogP contribution in [0.5, 0.6) is 0 Å². The van der Waals surface area contributed by atoms with Gasteiger partial charge >= 0.3 is 0 Å². The maximum atomic E-state index is 13.1. The molecule has 0 saturated carbocycles. The van der Waals surface area contributed by atoms with Gasteiger partial charge in [-0.25, -0.2) is 4.39 Å². The van der Waals surface area contributed by atoms with Crippen molar-refractivity contribution in [1.29, 1.82) is 0 Å². The van der Waals surface area contributed by atoms with E-state index in [4.69, 9.17) is 5.11 Å². The van der Waals surface area contributed by atoms with Crippen molar-refractivity contribution in [1.82, 2.24) is 9.80 Å². The van der Waals surface area contributed by atoms with Crippen LogP contribution in [0.1, 0.15) is 18.9 Å². The fourth-order valence-corrected chi connectivity index (χ4v) is 3.56. The predicted octanol–water partition coefficient (Wildman–Crippen LogP) is 2.70. The van der Waals surface area contributed by atoms with Crippen molar-refractivity contribution < 1.29 is 14.6 Å². The lowest BCUT2D eigenvalue weighted by Gasteiger charge is -2.36. The number of hydrogen-bond donors (Lipinski definition) is 2. The molecule has 1 aliphatic rings. The first-order valence-electron chi connectivity index (χ1n) is 9.62. The lowest BCUT2D eigenvalue weighted by Crippen LogP contribution is -2.48. The number of aliphatic hydroxyl groups is 2. The second-order valence-corrected chi connectivity index (χ2v) is 7.51. The van der Waals surface area contributed by atoms with Crippen molar-refractivity contribution in [2.75, 3.05) is 45.9 Å². The average molecular weight is 372 g/mol. The average Bonchev–Trinajstić information content (AvgIpc) is 2.68. The SMILES string of the molecule is CC(O)(CCN1CCN(CCO)CC1)c1ccc(-c2ccc(F)cc2)cc1. The first-order valence-corrected chi connectivity index (χ1v) is 9.62. The van der Waals surface area contributed by atoms with Gasteiger partial charge in [0, 0.05) is 39.3 Å². The van der Waals surface area contributed by atoms with Gasteiger partial charge in [0.05, 0.1) is 12.2 Å². The summed E-state index contributed by atoms with van der Waals surface area (Å²) in [4.78, 5) is 4.64. The van der Waals surface area contributed by atoms with Gasteiger partial charge in [0.25, 0.3) is 0 Å². The standard InChI is InChI=1S/C22H29FN2O2/c1-22(27,10-11-24-12-14-25(15-13-24)16-17-26)20-6-2-18(3-7-20)19-4-8-21(23)9-5-19/h2-9,26-27H,10-17H2,1H3. The van der Waals surface area contributed by atoms with Crippen LogP contribution in [0.4, 0.5) is 4.39 Å². The molecule has 2 aromatic rings. The Morgan fingerprint density at radius 1 is 0.852 bits per heavy atom. The smallest absolute Gasteiger partial charge is 0.123 e. The number of β-amino-alcohol motifs (C(OH)–C–C–N with tert-alkyl or cyclic N) is 1. The third-order valence-electron chi connectivity index (χ3n) is 5.48. The van der Waals surface area contributed by atoms with Crippen molar-refractivity contribution in [2.24, 2.45) is 0 Å². The molecule has 2 N–H and O–H groups in total. The zero-order valence-corrected chi connectivity index (χ0v) is 15.9. The molecule has 5 heteroatoms. The van der Waals surface area contributed by atoms with Crippen LogP contribution in [-0.4, -0.2) is 65.9 Å². The van der Waals surface area contributed by atoms with E-state index < -0.39 is 5.60 Å². The predicted molar refractivity (Wildman–Crippen MR) is 106 cm³/mol. The highest BCUT2D eigenvalue weighted by molar-refractivity contribution is 5.63. The Morgan fingerprint density at radius 2 is 1.33 bits per heavy atom. The summed E-state index contributed by atoms with van der Waals surface area (Å²) in [5.41, 5.74) is 1.98. The molecule has 0 spiro atoms. The van der Waals surface area contributed by atoms with Gasteiger partial charge in [0.1, 0.15) is 5.82 Å². The second kappa shape index (κ2) is 8.93. The molecule has 1 aliphatic heterocycles. The topological polar surface area (TPSA) is 46.9 Å². The highest BCUT2D eigenvalue weighted by Crippen LogP contribution is 2.28. The summed E-state index contributed by atoms with van der Waals surface area (Å²) in [7, 11) is 0. The molecule has 0 aromatic heterocycles. The molecule has 1 unspecified atom stereocenters. The molecule has 1 fully saturated rings. The van der Waals surface area contributed by atoms with E-state index in [1.54, 1.807) is 12.1 Å². The van der Waals surface area contributed by atoms with Crippen LogP contribution in [0.3, 0.4) is 0 Å². The Morgan fingerprint density at radius 3 is 1.85 bits per heavy atom. The first kappa shape index (κ1) is 20.0. The van der Waals surface area contributed by atoms with Gasteiger partial charge < -0.3 is 15.1 Å². The third-order valence-corrected chi connectivity index (χ3v) is 5.48. The van der Waals surface area contributed by atoms with Gasteiger partial charge in [-0.1, -0.05) is 36.4 Å². The van der Waals surface area contributed by atoms with Crippen LogP contribution in [0.25, 0.3) is 11.1 Å². The van der Waals surface area contributed by atoms with Crippen LogP contribution in [0.15, 0.2) is 48.5 Å². The van der Waals surface area contributed by atoms with Crippen LogP contribution >= 0.6 is 0 Å². The fourth-order valence-electron chi connectivity index (χ4n) is 3.56. The van der Waals surface area contributed by atoms with E-state index >= 15 is 0 Å².